The van der Waals surface area contributed by atoms with Crippen LogP contribution in [0.2, 0.25) is 5.02 Å². The van der Waals surface area contributed by atoms with Crippen molar-refractivity contribution >= 4 is 17.3 Å². The predicted octanol–water partition coefficient (Wildman–Crippen LogP) is 1.87. The van der Waals surface area contributed by atoms with Crippen LogP contribution in [0, 0.1) is 5.92 Å². The number of hydrogen-bond donors (Lipinski definition) is 2. The zero-order chi connectivity index (χ0) is 12.4. The summed E-state index contributed by atoms with van der Waals surface area (Å²) < 4.78 is 0. The number of nitrogens with zero attached hydrogens (tertiary/aromatic N) is 1. The Labute approximate surface area is 107 Å². The van der Waals surface area contributed by atoms with Gasteiger partial charge < -0.3 is 15.7 Å². The Kier molecular flexibility index (Phi) is 3.92. The quantitative estimate of drug-likeness (QED) is 0.847. The van der Waals surface area contributed by atoms with Crippen molar-refractivity contribution in [2.24, 2.45) is 11.7 Å². The number of benzene rings is 1. The van der Waals surface area contributed by atoms with Crippen molar-refractivity contribution in [3.63, 3.8) is 0 Å². The highest BCUT2D eigenvalue weighted by Gasteiger charge is 2.28. The number of hydrogen-bond acceptors (Lipinski definition) is 3. The molecule has 1 heterocycles. The van der Waals surface area contributed by atoms with Crippen LogP contribution >= 0.6 is 11.6 Å². The van der Waals surface area contributed by atoms with Crippen LogP contribution in [0.1, 0.15) is 13.3 Å². The normalized spacial score (nSPS) is 26.9. The highest BCUT2D eigenvalue weighted by Crippen LogP contribution is 2.26. The second-order valence-electron chi connectivity index (χ2n) is 4.88. The number of piperidine rings is 1. The molecule has 3 atom stereocenters. The van der Waals surface area contributed by atoms with Crippen molar-refractivity contribution in [2.75, 3.05) is 18.0 Å². The molecule has 1 saturated heterocycles. The van der Waals surface area contributed by atoms with E-state index in [-0.39, 0.29) is 18.1 Å². The maximum absolute atomic E-state index is 9.71. The Hall–Kier alpha value is -0.770. The Morgan fingerprint density at radius 1 is 1.47 bits per heavy atom. The first kappa shape index (κ1) is 12.7. The summed E-state index contributed by atoms with van der Waals surface area (Å²) in [6.45, 7) is 3.49. The average Bonchev–Trinajstić information content (AvgIpc) is 2.28. The molecule has 3 unspecified atom stereocenters. The van der Waals surface area contributed by atoms with Gasteiger partial charge in [-0.05, 0) is 31.5 Å². The molecule has 2 rings (SSSR count). The molecule has 0 spiro atoms. The third-order valence-electron chi connectivity index (χ3n) is 3.37. The van der Waals surface area contributed by atoms with Crippen LogP contribution in [0.3, 0.4) is 0 Å². The molecule has 1 fully saturated rings. The smallest absolute Gasteiger partial charge is 0.0557 e. The Bertz CT molecular complexity index is 383. The molecule has 0 radical (unpaired) electrons. The summed E-state index contributed by atoms with van der Waals surface area (Å²) in [7, 11) is 0. The molecule has 0 amide bonds. The number of aliphatic hydroxyl groups excluding tert-OH is 1. The molecule has 1 aromatic carbocycles. The molecule has 94 valence electrons. The molecule has 0 bridgehead atoms. The second kappa shape index (κ2) is 5.25. The predicted molar refractivity (Wildman–Crippen MR) is 71.4 cm³/mol. The third-order valence-corrected chi connectivity index (χ3v) is 3.61. The van der Waals surface area contributed by atoms with E-state index in [0.29, 0.717) is 0 Å². The van der Waals surface area contributed by atoms with Gasteiger partial charge in [-0.25, -0.2) is 0 Å². The summed E-state index contributed by atoms with van der Waals surface area (Å²) in [5.74, 6) is 0.234. The van der Waals surface area contributed by atoms with E-state index in [1.165, 1.54) is 0 Å². The van der Waals surface area contributed by atoms with Crippen LogP contribution in [-0.2, 0) is 0 Å². The summed E-state index contributed by atoms with van der Waals surface area (Å²) in [5, 5.41) is 10.4. The lowest BCUT2D eigenvalue weighted by molar-refractivity contribution is 0.110. The van der Waals surface area contributed by atoms with Gasteiger partial charge in [-0.3, -0.25) is 0 Å². The number of rotatable bonds is 2. The lowest BCUT2D eigenvalue weighted by Gasteiger charge is -2.39. The first-order valence-corrected chi connectivity index (χ1v) is 6.38. The first-order valence-electron chi connectivity index (χ1n) is 6.00. The average molecular weight is 255 g/mol. The molecule has 0 saturated carbocycles. The van der Waals surface area contributed by atoms with Gasteiger partial charge in [0, 0.05) is 35.8 Å². The molecule has 0 aromatic heterocycles. The Morgan fingerprint density at radius 3 is 2.88 bits per heavy atom. The highest BCUT2D eigenvalue weighted by atomic mass is 35.5. The number of aliphatic hydroxyl groups is 1. The van der Waals surface area contributed by atoms with Gasteiger partial charge in [-0.1, -0.05) is 17.7 Å². The molecule has 1 aromatic rings. The fraction of sp³-hybridized carbons (Fsp3) is 0.538. The van der Waals surface area contributed by atoms with Gasteiger partial charge >= 0.3 is 0 Å². The lowest BCUT2D eigenvalue weighted by atomic mass is 9.90. The maximum atomic E-state index is 9.71. The third kappa shape index (κ3) is 3.12. The highest BCUT2D eigenvalue weighted by molar-refractivity contribution is 6.30. The molecule has 3 nitrogen and oxygen atoms in total. The van der Waals surface area contributed by atoms with Crippen molar-refractivity contribution in [1.29, 1.82) is 0 Å². The number of nitrogens with two attached hydrogens (primary N) is 1. The first-order chi connectivity index (χ1) is 8.06. The van der Waals surface area contributed by atoms with Gasteiger partial charge in [0.2, 0.25) is 0 Å². The molecule has 17 heavy (non-hydrogen) atoms. The standard InChI is InChI=1S/C13H19ClN2O/c1-9(17)10-5-12(15)8-16(7-10)13-4-2-3-11(14)6-13/h2-4,6,9-10,12,17H,5,7-8,15H2,1H3. The number of anilines is 1. The minimum atomic E-state index is -0.317. The van der Waals surface area contributed by atoms with E-state index in [2.05, 4.69) is 4.90 Å². The molecule has 1 aliphatic heterocycles. The lowest BCUT2D eigenvalue weighted by Crippen LogP contribution is -2.49. The van der Waals surface area contributed by atoms with Crippen LogP contribution in [0.4, 0.5) is 5.69 Å². The van der Waals surface area contributed by atoms with Gasteiger partial charge in [-0.2, -0.15) is 0 Å². The van der Waals surface area contributed by atoms with Crippen LogP contribution in [-0.4, -0.2) is 30.3 Å². The van der Waals surface area contributed by atoms with Crippen molar-refractivity contribution in [2.45, 2.75) is 25.5 Å². The van der Waals surface area contributed by atoms with E-state index in [4.69, 9.17) is 17.3 Å². The maximum Gasteiger partial charge on any atom is 0.0557 e. The van der Waals surface area contributed by atoms with Crippen LogP contribution in [0.25, 0.3) is 0 Å². The molecular weight excluding hydrogens is 236 g/mol. The zero-order valence-electron chi connectivity index (χ0n) is 10.0. The fourth-order valence-electron chi connectivity index (χ4n) is 2.41. The topological polar surface area (TPSA) is 49.5 Å². The molecule has 4 heteroatoms. The Balaban J connectivity index is 2.15. The summed E-state index contributed by atoms with van der Waals surface area (Å²) in [6.07, 6.45) is 0.567. The minimum absolute atomic E-state index is 0.113. The summed E-state index contributed by atoms with van der Waals surface area (Å²) in [4.78, 5) is 2.21. The second-order valence-corrected chi connectivity index (χ2v) is 5.32. The van der Waals surface area contributed by atoms with Crippen molar-refractivity contribution < 1.29 is 5.11 Å². The Morgan fingerprint density at radius 2 is 2.24 bits per heavy atom. The van der Waals surface area contributed by atoms with Gasteiger partial charge in [0.25, 0.3) is 0 Å². The van der Waals surface area contributed by atoms with Crippen LogP contribution in [0.5, 0.6) is 0 Å². The molecule has 0 aliphatic carbocycles. The summed E-state index contributed by atoms with van der Waals surface area (Å²) >= 11 is 5.99. The van der Waals surface area contributed by atoms with Gasteiger partial charge in [0.15, 0.2) is 0 Å². The van der Waals surface area contributed by atoms with Gasteiger partial charge in [-0.15, -0.1) is 0 Å². The van der Waals surface area contributed by atoms with E-state index in [0.717, 1.165) is 30.2 Å². The van der Waals surface area contributed by atoms with Crippen LogP contribution < -0.4 is 10.6 Å². The monoisotopic (exact) mass is 254 g/mol. The fourth-order valence-corrected chi connectivity index (χ4v) is 2.60. The van der Waals surface area contributed by atoms with E-state index in [9.17, 15) is 5.11 Å². The summed E-state index contributed by atoms with van der Waals surface area (Å²) in [6, 6.07) is 7.89. The number of halogens is 1. The SMILES string of the molecule is CC(O)C1CC(N)CN(c2cccc(Cl)c2)C1. The van der Waals surface area contributed by atoms with Gasteiger partial charge in [0.05, 0.1) is 6.10 Å². The van der Waals surface area contributed by atoms with E-state index < -0.39 is 0 Å². The van der Waals surface area contributed by atoms with Gasteiger partial charge in [0.1, 0.15) is 0 Å². The zero-order valence-corrected chi connectivity index (χ0v) is 10.8. The van der Waals surface area contributed by atoms with Crippen molar-refractivity contribution in [1.82, 2.24) is 0 Å². The van der Waals surface area contributed by atoms with E-state index in [1.807, 2.05) is 31.2 Å². The van der Waals surface area contributed by atoms with Crippen LogP contribution in [0.15, 0.2) is 24.3 Å². The summed E-state index contributed by atoms with van der Waals surface area (Å²) in [5.41, 5.74) is 7.12. The molecule has 3 N–H and O–H groups in total. The largest absolute Gasteiger partial charge is 0.393 e. The van der Waals surface area contributed by atoms with E-state index in [1.54, 1.807) is 0 Å². The molecular formula is C13H19ClN2O. The molecule has 1 aliphatic rings. The van der Waals surface area contributed by atoms with Crippen molar-refractivity contribution in [3.05, 3.63) is 29.3 Å². The van der Waals surface area contributed by atoms with Crippen molar-refractivity contribution in [3.8, 4) is 0 Å². The van der Waals surface area contributed by atoms with E-state index >= 15 is 0 Å². The minimum Gasteiger partial charge on any atom is -0.393 e.